The minimum Gasteiger partial charge on any atom is -0.468 e. The zero-order valence-corrected chi connectivity index (χ0v) is 23.4. The highest BCUT2D eigenvalue weighted by molar-refractivity contribution is 7.52. The second-order valence-corrected chi connectivity index (χ2v) is 10.8. The first-order valence-corrected chi connectivity index (χ1v) is 13.7. The van der Waals surface area contributed by atoms with E-state index in [9.17, 15) is 24.8 Å². The highest BCUT2D eigenvalue weighted by Crippen LogP contribution is 2.49. The number of nitrogens with one attached hydrogen (secondary N) is 1. The van der Waals surface area contributed by atoms with E-state index in [1.807, 2.05) is 6.07 Å². The summed E-state index contributed by atoms with van der Waals surface area (Å²) in [6.45, 7) is 5.85. The summed E-state index contributed by atoms with van der Waals surface area (Å²) in [5.41, 5.74) is 2.05. The Hall–Kier alpha value is -3.57. The Morgan fingerprint density at radius 2 is 2.05 bits per heavy atom. The number of aliphatic hydroxyl groups excluding tert-OH is 1. The maximum absolute atomic E-state index is 13.6. The Labute approximate surface area is 231 Å². The summed E-state index contributed by atoms with van der Waals surface area (Å²) in [7, 11) is -1.51. The van der Waals surface area contributed by atoms with Crippen LogP contribution in [0.4, 0.5) is 0 Å². The number of nitrogens with two attached hydrogens (primary N) is 1. The van der Waals surface area contributed by atoms with Gasteiger partial charge in [-0.3, -0.25) is 14.3 Å². The molecular formula is C25H33N6O8P. The molecule has 2 heterocycles. The zero-order valence-electron chi connectivity index (χ0n) is 22.6. The van der Waals surface area contributed by atoms with Crippen molar-refractivity contribution < 1.29 is 38.1 Å². The van der Waals surface area contributed by atoms with Gasteiger partial charge in [0, 0.05) is 20.2 Å². The van der Waals surface area contributed by atoms with Gasteiger partial charge in [-0.2, -0.15) is 15.5 Å². The highest BCUT2D eigenvalue weighted by Gasteiger charge is 2.65. The van der Waals surface area contributed by atoms with Crippen LogP contribution in [0.5, 0.6) is 5.75 Å². The maximum Gasteiger partial charge on any atom is 0.459 e. The van der Waals surface area contributed by atoms with Crippen LogP contribution >= 0.6 is 7.75 Å². The van der Waals surface area contributed by atoms with Crippen molar-refractivity contribution in [2.75, 3.05) is 20.8 Å². The number of ether oxygens (including phenoxy) is 2. The van der Waals surface area contributed by atoms with Crippen LogP contribution in [0.1, 0.15) is 31.7 Å². The number of carbonyl (C=O) groups is 1. The van der Waals surface area contributed by atoms with Crippen LogP contribution in [0.15, 0.2) is 52.6 Å². The molecule has 15 heteroatoms. The van der Waals surface area contributed by atoms with Crippen molar-refractivity contribution in [3.63, 3.8) is 0 Å². The van der Waals surface area contributed by atoms with Crippen molar-refractivity contribution in [2.45, 2.75) is 49.7 Å². The van der Waals surface area contributed by atoms with E-state index in [-0.39, 0.29) is 30.3 Å². The second-order valence-electron chi connectivity index (χ2n) is 9.11. The predicted molar refractivity (Wildman–Crippen MR) is 145 cm³/mol. The molecule has 40 heavy (non-hydrogen) atoms. The molecule has 0 radical (unpaired) electrons. The largest absolute Gasteiger partial charge is 0.468 e. The van der Waals surface area contributed by atoms with Crippen molar-refractivity contribution in [3.05, 3.63) is 53.9 Å². The number of aliphatic imine (C=N–C) groups is 1. The van der Waals surface area contributed by atoms with Gasteiger partial charge in [0.15, 0.2) is 0 Å². The Balaban J connectivity index is 1.85. The summed E-state index contributed by atoms with van der Waals surface area (Å²) >= 11 is 0. The first-order valence-electron chi connectivity index (χ1n) is 12.2. The number of amidine groups is 1. The molecule has 0 bridgehead atoms. The number of aliphatic hydroxyl groups is 2. The van der Waals surface area contributed by atoms with Gasteiger partial charge in [-0.25, -0.2) is 9.24 Å². The molecule has 1 fully saturated rings. The van der Waals surface area contributed by atoms with Crippen molar-refractivity contribution in [1.82, 2.24) is 9.76 Å². The number of carbonyl (C=O) groups excluding carboxylic acids is 1. The first kappa shape index (κ1) is 31.0. The quantitative estimate of drug-likeness (QED) is 0.123. The average molecular weight is 577 g/mol. The van der Waals surface area contributed by atoms with Crippen molar-refractivity contribution in [2.24, 2.45) is 15.8 Å². The molecule has 3 rings (SSSR count). The summed E-state index contributed by atoms with van der Waals surface area (Å²) in [6, 6.07) is 12.1. The van der Waals surface area contributed by atoms with Gasteiger partial charge in [-0.15, -0.1) is 0 Å². The van der Waals surface area contributed by atoms with E-state index in [0.717, 1.165) is 0 Å². The molecule has 2 aromatic rings. The number of para-hydroxylation sites is 1. The van der Waals surface area contributed by atoms with Gasteiger partial charge >= 0.3 is 13.7 Å². The molecule has 0 amide bonds. The summed E-state index contributed by atoms with van der Waals surface area (Å²) < 4.78 is 36.6. The zero-order chi connectivity index (χ0) is 29.7. The van der Waals surface area contributed by atoms with Crippen molar-refractivity contribution >= 4 is 26.3 Å². The van der Waals surface area contributed by atoms with Crippen LogP contribution in [0.3, 0.4) is 0 Å². The summed E-state index contributed by atoms with van der Waals surface area (Å²) in [5, 5.41) is 39.0. The molecule has 0 aliphatic carbocycles. The number of nitrogens with zero attached hydrogens (tertiary/aromatic N) is 4. The summed E-state index contributed by atoms with van der Waals surface area (Å²) in [5.74, 6) is -0.392. The van der Waals surface area contributed by atoms with E-state index >= 15 is 0 Å². The molecule has 216 valence electrons. The molecule has 0 spiro atoms. The molecule has 6 unspecified atom stereocenters. The summed E-state index contributed by atoms with van der Waals surface area (Å²) in [6.07, 6.45) is -2.88. The van der Waals surface area contributed by atoms with Crippen LogP contribution in [0, 0.1) is 11.3 Å². The number of rotatable bonds is 12. The fraction of sp³-hybridized carbons (Fsp3) is 0.440. The van der Waals surface area contributed by atoms with Gasteiger partial charge in [0.05, 0.1) is 25.5 Å². The number of hydrogen-bond acceptors (Lipinski definition) is 11. The Morgan fingerprint density at radius 3 is 2.62 bits per heavy atom. The van der Waals surface area contributed by atoms with E-state index in [2.05, 4.69) is 26.6 Å². The molecular weight excluding hydrogens is 543 g/mol. The van der Waals surface area contributed by atoms with E-state index in [0.29, 0.717) is 5.69 Å². The van der Waals surface area contributed by atoms with Crippen LogP contribution < -0.4 is 15.3 Å². The molecule has 14 nitrogen and oxygen atoms in total. The molecule has 6 atom stereocenters. The molecule has 0 saturated carbocycles. The molecule has 1 aromatic heterocycles. The Morgan fingerprint density at radius 1 is 1.38 bits per heavy atom. The number of nitriles is 1. The van der Waals surface area contributed by atoms with Crippen LogP contribution in [-0.2, 0) is 29.0 Å². The number of aromatic nitrogens is 1. The third kappa shape index (κ3) is 5.80. The maximum atomic E-state index is 13.6. The summed E-state index contributed by atoms with van der Waals surface area (Å²) in [4.78, 5) is 15.8. The average Bonchev–Trinajstić information content (AvgIpc) is 3.45. The van der Waals surface area contributed by atoms with Crippen molar-refractivity contribution in [1.29, 1.82) is 5.26 Å². The van der Waals surface area contributed by atoms with E-state index in [1.54, 1.807) is 30.3 Å². The lowest BCUT2D eigenvalue weighted by molar-refractivity contribution is -0.142. The Bertz CT molecular complexity index is 1340. The van der Waals surface area contributed by atoms with E-state index in [1.165, 1.54) is 44.8 Å². The lowest BCUT2D eigenvalue weighted by Crippen LogP contribution is -2.52. The minimum atomic E-state index is -4.16. The third-order valence-corrected chi connectivity index (χ3v) is 8.20. The second kappa shape index (κ2) is 12.3. The number of benzene rings is 1. The van der Waals surface area contributed by atoms with Gasteiger partial charge in [0.1, 0.15) is 41.1 Å². The lowest BCUT2D eigenvalue weighted by Gasteiger charge is -2.33. The van der Waals surface area contributed by atoms with Crippen molar-refractivity contribution in [3.8, 4) is 11.8 Å². The van der Waals surface area contributed by atoms with Crippen LogP contribution in [-0.4, -0.2) is 78.0 Å². The van der Waals surface area contributed by atoms with E-state index < -0.39 is 43.2 Å². The van der Waals surface area contributed by atoms with Gasteiger partial charge < -0.3 is 29.9 Å². The van der Waals surface area contributed by atoms with E-state index in [4.69, 9.17) is 19.5 Å². The number of hydrogen-bond donors (Lipinski definition) is 4. The molecule has 1 aliphatic heterocycles. The van der Waals surface area contributed by atoms with Crippen LogP contribution in [0.25, 0.3) is 0 Å². The third-order valence-electron chi connectivity index (χ3n) is 6.53. The highest BCUT2D eigenvalue weighted by atomic mass is 31.2. The monoisotopic (exact) mass is 576 g/mol. The van der Waals surface area contributed by atoms with Gasteiger partial charge in [-0.05, 0) is 38.1 Å². The normalized spacial score (nSPS) is 26.9. The number of methoxy groups -OCH3 is 1. The standard InChI is InChI=1S/C25H33N6O8P/c1-16(23(33)36-5)30-40(35,39-17-9-7-6-8-10-17)37-14-13-19-21(32)24(2,34)25(15-26,38-19)20-12-11-18(22(27)28-3)31(20)29-4/h6-12,16,19,21,32,34H,4,13-14H2,1-3,5H3,(H2,27,28)(H,30,35). The SMILES string of the molecule is C=Nn1c(C(N)=NC)ccc1C1(C#N)OC(CCOP(=O)(NC(C)C(=O)OC)Oc2ccccc2)C(O)C1(C)O. The first-order chi connectivity index (χ1) is 18.9. The fourth-order valence-corrected chi connectivity index (χ4v) is 5.84. The van der Waals surface area contributed by atoms with Gasteiger partial charge in [0.2, 0.25) is 5.60 Å². The van der Waals surface area contributed by atoms with Gasteiger partial charge in [-0.1, -0.05) is 18.2 Å². The molecule has 1 aliphatic rings. The molecule has 5 N–H and O–H groups in total. The predicted octanol–water partition coefficient (Wildman–Crippen LogP) is 1.26. The van der Waals surface area contributed by atoms with Gasteiger partial charge in [0.25, 0.3) is 0 Å². The fourth-order valence-electron chi connectivity index (χ4n) is 4.34. The number of esters is 1. The minimum absolute atomic E-state index is 0.0609. The Kier molecular flexibility index (Phi) is 9.52. The lowest BCUT2D eigenvalue weighted by atomic mass is 9.80. The molecule has 1 saturated heterocycles. The molecule has 1 aromatic carbocycles. The topological polar surface area (TPSA) is 203 Å². The smallest absolute Gasteiger partial charge is 0.459 e. The van der Waals surface area contributed by atoms with Crippen LogP contribution in [0.2, 0.25) is 0 Å².